The molecule has 6 atom stereocenters. The number of hydrogen-bond donors (Lipinski definition) is 4. The normalized spacial score (nSPS) is 21.6. The lowest BCUT2D eigenvalue weighted by Crippen LogP contribution is -2.59. The quantitative estimate of drug-likeness (QED) is 0.0316. The first-order chi connectivity index (χ1) is 24.3. The molecule has 1 aliphatic rings. The minimum atomic E-state index is -1.59. The Morgan fingerprint density at radius 3 is 1.70 bits per heavy atom. The molecular weight excluding hydrogens is 640 g/mol. The van der Waals surface area contributed by atoms with Crippen molar-refractivity contribution in [3.63, 3.8) is 0 Å². The first kappa shape index (κ1) is 46.2. The summed E-state index contributed by atoms with van der Waals surface area (Å²) in [5.41, 5.74) is 0. The highest BCUT2D eigenvalue weighted by Gasteiger charge is 2.44. The lowest BCUT2D eigenvalue weighted by molar-refractivity contribution is -0.305. The van der Waals surface area contributed by atoms with Crippen molar-refractivity contribution >= 4 is 11.9 Å². The molecule has 1 fully saturated rings. The van der Waals surface area contributed by atoms with Crippen molar-refractivity contribution in [3.05, 3.63) is 24.3 Å². The molecule has 1 aliphatic heterocycles. The Kier molecular flexibility index (Phi) is 29.5. The maximum Gasteiger partial charge on any atom is 0.306 e. The molecule has 0 amide bonds. The molecule has 4 N–H and O–H groups in total. The highest BCUT2D eigenvalue weighted by atomic mass is 16.7. The van der Waals surface area contributed by atoms with E-state index in [1.165, 1.54) is 70.6 Å². The van der Waals surface area contributed by atoms with Crippen LogP contribution in [0.4, 0.5) is 0 Å². The van der Waals surface area contributed by atoms with Gasteiger partial charge in [0.05, 0.1) is 13.2 Å². The fraction of sp³-hybridized carbons (Fsp3) is 0.850. The van der Waals surface area contributed by atoms with E-state index in [2.05, 4.69) is 38.2 Å². The number of allylic oxidation sites excluding steroid dienone is 4. The van der Waals surface area contributed by atoms with Crippen molar-refractivity contribution in [2.24, 2.45) is 0 Å². The van der Waals surface area contributed by atoms with Crippen LogP contribution in [0.1, 0.15) is 162 Å². The second-order valence-corrected chi connectivity index (χ2v) is 13.7. The molecule has 0 aliphatic carbocycles. The van der Waals surface area contributed by atoms with Crippen LogP contribution in [0.2, 0.25) is 0 Å². The molecule has 6 unspecified atom stereocenters. The summed E-state index contributed by atoms with van der Waals surface area (Å²) in [5, 5.41) is 39.9. The van der Waals surface area contributed by atoms with Gasteiger partial charge in [0.15, 0.2) is 12.4 Å². The van der Waals surface area contributed by atoms with Gasteiger partial charge in [-0.3, -0.25) is 9.59 Å². The molecule has 0 spiro atoms. The number of unbranched alkanes of at least 4 members (excludes halogenated alkanes) is 17. The molecule has 10 nitrogen and oxygen atoms in total. The number of aliphatic hydroxyl groups excluding tert-OH is 4. The topological polar surface area (TPSA) is 152 Å². The lowest BCUT2D eigenvalue weighted by Gasteiger charge is -2.39. The molecule has 0 radical (unpaired) electrons. The van der Waals surface area contributed by atoms with Gasteiger partial charge in [0.1, 0.15) is 31.0 Å². The van der Waals surface area contributed by atoms with Crippen molar-refractivity contribution in [1.29, 1.82) is 0 Å². The number of rotatable bonds is 32. The molecule has 0 saturated carbocycles. The summed E-state index contributed by atoms with van der Waals surface area (Å²) in [5.74, 6) is -0.823. The van der Waals surface area contributed by atoms with E-state index in [0.717, 1.165) is 57.8 Å². The molecule has 0 aromatic rings. The van der Waals surface area contributed by atoms with Crippen molar-refractivity contribution in [1.82, 2.24) is 0 Å². The summed E-state index contributed by atoms with van der Waals surface area (Å²) in [6.45, 7) is 3.35. The van der Waals surface area contributed by atoms with E-state index in [0.29, 0.717) is 6.42 Å². The average molecular weight is 713 g/mol. The summed E-state index contributed by atoms with van der Waals surface area (Å²) < 4.78 is 22.0. The molecule has 1 heterocycles. The van der Waals surface area contributed by atoms with Crippen LogP contribution in [0.5, 0.6) is 0 Å². The number of hydrogen-bond acceptors (Lipinski definition) is 10. The molecule has 292 valence electrons. The Morgan fingerprint density at radius 2 is 1.12 bits per heavy atom. The van der Waals surface area contributed by atoms with E-state index < -0.39 is 49.4 Å². The third kappa shape index (κ3) is 23.6. The van der Waals surface area contributed by atoms with Gasteiger partial charge in [-0.05, 0) is 44.9 Å². The molecular formula is C40H72O10. The highest BCUT2D eigenvalue weighted by Crippen LogP contribution is 2.22. The summed E-state index contributed by atoms with van der Waals surface area (Å²) in [4.78, 5) is 25.1. The Hall–Kier alpha value is -1.82. The van der Waals surface area contributed by atoms with E-state index >= 15 is 0 Å². The smallest absolute Gasteiger partial charge is 0.306 e. The highest BCUT2D eigenvalue weighted by molar-refractivity contribution is 5.70. The van der Waals surface area contributed by atoms with Crippen molar-refractivity contribution < 1.29 is 49.0 Å². The first-order valence-electron chi connectivity index (χ1n) is 19.9. The van der Waals surface area contributed by atoms with Crippen molar-refractivity contribution in [2.75, 3.05) is 19.8 Å². The number of esters is 2. The fourth-order valence-corrected chi connectivity index (χ4v) is 5.86. The van der Waals surface area contributed by atoms with Gasteiger partial charge in [-0.2, -0.15) is 0 Å². The summed E-state index contributed by atoms with van der Waals surface area (Å²) >= 11 is 0. The van der Waals surface area contributed by atoms with Crippen LogP contribution >= 0.6 is 0 Å². The Morgan fingerprint density at radius 1 is 0.620 bits per heavy atom. The van der Waals surface area contributed by atoms with Gasteiger partial charge in [0.25, 0.3) is 0 Å². The predicted octanol–water partition coefficient (Wildman–Crippen LogP) is 7.38. The van der Waals surface area contributed by atoms with Gasteiger partial charge < -0.3 is 39.4 Å². The minimum absolute atomic E-state index is 0.216. The van der Waals surface area contributed by atoms with Crippen LogP contribution < -0.4 is 0 Å². The van der Waals surface area contributed by atoms with Crippen LogP contribution in [0, 0.1) is 0 Å². The summed E-state index contributed by atoms with van der Waals surface area (Å²) in [6.07, 6.45) is 24.7. The summed E-state index contributed by atoms with van der Waals surface area (Å²) in [7, 11) is 0. The minimum Gasteiger partial charge on any atom is -0.462 e. The molecule has 50 heavy (non-hydrogen) atoms. The van der Waals surface area contributed by atoms with Gasteiger partial charge in [0, 0.05) is 12.8 Å². The molecule has 0 bridgehead atoms. The van der Waals surface area contributed by atoms with Crippen LogP contribution in [0.25, 0.3) is 0 Å². The fourth-order valence-electron chi connectivity index (χ4n) is 5.86. The standard InChI is InChI=1S/C40H72O10/c1-3-5-7-9-11-13-15-16-17-18-19-21-23-25-27-29-36(43)49-33(32-48-40-39(46)38(45)37(44)34(30-41)50-40)31-47-35(42)28-26-24-22-20-14-12-10-8-6-4-2/h11,13,16-17,33-34,37-41,44-46H,3-10,12,14-15,18-32H2,1-2H3/b13-11-,17-16-. The van der Waals surface area contributed by atoms with Crippen LogP contribution in [-0.2, 0) is 28.5 Å². The maximum absolute atomic E-state index is 12.7. The zero-order valence-electron chi connectivity index (χ0n) is 31.4. The molecule has 10 heteroatoms. The van der Waals surface area contributed by atoms with Crippen molar-refractivity contribution in [3.8, 4) is 0 Å². The monoisotopic (exact) mass is 713 g/mol. The third-order valence-corrected chi connectivity index (χ3v) is 9.09. The van der Waals surface area contributed by atoms with E-state index in [1.54, 1.807) is 0 Å². The SMILES string of the molecule is CCCCC/C=C\C/C=C\CCCCCCCC(=O)OC(COC(=O)CCCCCCCCCCCC)COC1OC(CO)C(O)C(O)C1O. The zero-order chi connectivity index (χ0) is 36.7. The zero-order valence-corrected chi connectivity index (χ0v) is 31.4. The van der Waals surface area contributed by atoms with E-state index in [9.17, 15) is 30.0 Å². The third-order valence-electron chi connectivity index (χ3n) is 9.09. The van der Waals surface area contributed by atoms with Crippen LogP contribution in [0.3, 0.4) is 0 Å². The van der Waals surface area contributed by atoms with Gasteiger partial charge in [-0.1, -0.05) is 128 Å². The van der Waals surface area contributed by atoms with Gasteiger partial charge >= 0.3 is 11.9 Å². The van der Waals surface area contributed by atoms with Gasteiger partial charge in [0.2, 0.25) is 0 Å². The lowest BCUT2D eigenvalue weighted by atomic mass is 9.99. The summed E-state index contributed by atoms with van der Waals surface area (Å²) in [6, 6.07) is 0. The Balaban J connectivity index is 2.40. The second-order valence-electron chi connectivity index (χ2n) is 13.7. The van der Waals surface area contributed by atoms with Crippen molar-refractivity contribution in [2.45, 2.75) is 198 Å². The molecule has 0 aromatic heterocycles. The first-order valence-corrected chi connectivity index (χ1v) is 19.9. The van der Waals surface area contributed by atoms with E-state index in [4.69, 9.17) is 18.9 Å². The number of carbonyl (C=O) groups is 2. The Labute approximate surface area is 303 Å². The largest absolute Gasteiger partial charge is 0.462 e. The van der Waals surface area contributed by atoms with E-state index in [1.807, 2.05) is 0 Å². The maximum atomic E-state index is 12.7. The Bertz CT molecular complexity index is 876. The predicted molar refractivity (Wildman–Crippen MR) is 196 cm³/mol. The molecule has 1 saturated heterocycles. The van der Waals surface area contributed by atoms with E-state index in [-0.39, 0.29) is 32.0 Å². The van der Waals surface area contributed by atoms with Crippen LogP contribution in [0.15, 0.2) is 24.3 Å². The van der Waals surface area contributed by atoms with Gasteiger partial charge in [-0.15, -0.1) is 0 Å². The number of ether oxygens (including phenoxy) is 4. The number of aliphatic hydroxyl groups is 4. The van der Waals surface area contributed by atoms with Gasteiger partial charge in [-0.25, -0.2) is 0 Å². The molecule has 1 rings (SSSR count). The average Bonchev–Trinajstić information content (AvgIpc) is 3.11. The van der Waals surface area contributed by atoms with Crippen LogP contribution in [-0.4, -0.2) is 89.0 Å². The second kappa shape index (κ2) is 31.9. The number of carbonyl (C=O) groups excluding carboxylic acids is 2. The molecule has 0 aromatic carbocycles.